The Morgan fingerprint density at radius 2 is 1.81 bits per heavy atom. The number of hydrogen-bond acceptors (Lipinski definition) is 3. The van der Waals surface area contributed by atoms with E-state index in [1.54, 1.807) is 11.3 Å². The van der Waals surface area contributed by atoms with E-state index in [0.29, 0.717) is 6.54 Å². The number of aliphatic imine (C=N–C) groups is 1. The van der Waals surface area contributed by atoms with Crippen molar-refractivity contribution in [3.05, 3.63) is 57.8 Å². The highest BCUT2D eigenvalue weighted by molar-refractivity contribution is 7.09. The highest BCUT2D eigenvalue weighted by Crippen LogP contribution is 2.09. The molecule has 1 aromatic carbocycles. The Bertz CT molecular complexity index is 691. The van der Waals surface area contributed by atoms with Crippen molar-refractivity contribution in [2.75, 3.05) is 19.6 Å². The first kappa shape index (κ1) is 20.0. The van der Waals surface area contributed by atoms with Crippen LogP contribution in [0.2, 0.25) is 0 Å². The van der Waals surface area contributed by atoms with Gasteiger partial charge in [-0.05, 0) is 49.9 Å². The topological polar surface area (TPSA) is 56.7 Å². The van der Waals surface area contributed by atoms with Gasteiger partial charge in [0.15, 0.2) is 5.96 Å². The van der Waals surface area contributed by atoms with Gasteiger partial charge in [0.25, 0.3) is 5.91 Å². The number of amides is 1. The summed E-state index contributed by atoms with van der Waals surface area (Å²) in [6, 6.07) is 11.9. The Morgan fingerprint density at radius 1 is 1.08 bits per heavy atom. The molecule has 1 aromatic heterocycles. The van der Waals surface area contributed by atoms with E-state index < -0.39 is 0 Å². The van der Waals surface area contributed by atoms with Crippen LogP contribution in [0.5, 0.6) is 0 Å². The predicted octanol–water partition coefficient (Wildman–Crippen LogP) is 3.49. The molecule has 2 N–H and O–H groups in total. The Balaban J connectivity index is 1.96. The number of rotatable bonds is 8. The standard InChI is InChI=1S/C20H28N4OS/c1-4-21-20(23-15-18-8-7-13-26-18)22-14-16-9-11-17(12-10-16)19(25)24(5-2)6-3/h7-13H,4-6,14-15H2,1-3H3,(H2,21,22,23). The molecular formula is C20H28N4OS. The maximum atomic E-state index is 12.3. The zero-order valence-electron chi connectivity index (χ0n) is 15.8. The number of nitrogens with one attached hydrogen (secondary N) is 2. The zero-order chi connectivity index (χ0) is 18.8. The van der Waals surface area contributed by atoms with E-state index in [9.17, 15) is 4.79 Å². The fourth-order valence-electron chi connectivity index (χ4n) is 2.54. The van der Waals surface area contributed by atoms with Gasteiger partial charge < -0.3 is 15.5 Å². The second-order valence-electron chi connectivity index (χ2n) is 5.80. The smallest absolute Gasteiger partial charge is 0.253 e. The lowest BCUT2D eigenvalue weighted by Crippen LogP contribution is -2.36. The molecule has 0 fully saturated rings. The summed E-state index contributed by atoms with van der Waals surface area (Å²) < 4.78 is 0. The molecule has 0 spiro atoms. The van der Waals surface area contributed by atoms with Crippen LogP contribution in [0.4, 0.5) is 0 Å². The lowest BCUT2D eigenvalue weighted by atomic mass is 10.1. The average Bonchev–Trinajstić information content (AvgIpc) is 3.19. The third-order valence-electron chi connectivity index (χ3n) is 4.03. The summed E-state index contributed by atoms with van der Waals surface area (Å²) >= 11 is 1.73. The van der Waals surface area contributed by atoms with Gasteiger partial charge in [-0.3, -0.25) is 4.79 Å². The number of nitrogens with zero attached hydrogens (tertiary/aromatic N) is 2. The second kappa shape index (κ2) is 10.6. The molecule has 0 radical (unpaired) electrons. The number of hydrogen-bond donors (Lipinski definition) is 2. The van der Waals surface area contributed by atoms with Crippen LogP contribution in [-0.2, 0) is 13.1 Å². The Labute approximate surface area is 160 Å². The summed E-state index contributed by atoms with van der Waals surface area (Å²) in [5.74, 6) is 0.875. The van der Waals surface area contributed by atoms with Crippen LogP contribution >= 0.6 is 11.3 Å². The average molecular weight is 373 g/mol. The van der Waals surface area contributed by atoms with Crippen molar-refractivity contribution in [1.82, 2.24) is 15.5 Å². The molecule has 26 heavy (non-hydrogen) atoms. The van der Waals surface area contributed by atoms with Crippen LogP contribution in [0.25, 0.3) is 0 Å². The first-order valence-electron chi connectivity index (χ1n) is 9.10. The van der Waals surface area contributed by atoms with Gasteiger partial charge in [-0.2, -0.15) is 0 Å². The SMILES string of the molecule is CCNC(=NCc1ccc(C(=O)N(CC)CC)cc1)NCc1cccs1. The van der Waals surface area contributed by atoms with E-state index in [4.69, 9.17) is 0 Å². The molecule has 5 nitrogen and oxygen atoms in total. The minimum atomic E-state index is 0.0796. The van der Waals surface area contributed by atoms with Crippen LogP contribution in [-0.4, -0.2) is 36.4 Å². The van der Waals surface area contributed by atoms with Gasteiger partial charge in [0.05, 0.1) is 13.1 Å². The van der Waals surface area contributed by atoms with E-state index >= 15 is 0 Å². The summed E-state index contributed by atoms with van der Waals surface area (Å²) in [6.07, 6.45) is 0. The third kappa shape index (κ3) is 5.88. The van der Waals surface area contributed by atoms with Crippen molar-refractivity contribution < 1.29 is 4.79 Å². The summed E-state index contributed by atoms with van der Waals surface area (Å²) in [4.78, 5) is 20.1. The molecule has 2 aromatic rings. The predicted molar refractivity (Wildman–Crippen MR) is 110 cm³/mol. The molecule has 1 amide bonds. The van der Waals surface area contributed by atoms with E-state index in [0.717, 1.165) is 43.3 Å². The lowest BCUT2D eigenvalue weighted by Gasteiger charge is -2.18. The maximum absolute atomic E-state index is 12.3. The second-order valence-corrected chi connectivity index (χ2v) is 6.83. The molecule has 0 saturated heterocycles. The van der Waals surface area contributed by atoms with E-state index in [2.05, 4.69) is 34.0 Å². The summed E-state index contributed by atoms with van der Waals surface area (Å²) in [7, 11) is 0. The van der Waals surface area contributed by atoms with Crippen LogP contribution in [0, 0.1) is 0 Å². The van der Waals surface area contributed by atoms with Gasteiger partial charge in [-0.1, -0.05) is 18.2 Å². The largest absolute Gasteiger partial charge is 0.357 e. The van der Waals surface area contributed by atoms with Crippen LogP contribution < -0.4 is 10.6 Å². The minimum absolute atomic E-state index is 0.0796. The Kier molecular flexibility index (Phi) is 8.15. The fourth-order valence-corrected chi connectivity index (χ4v) is 3.19. The normalized spacial score (nSPS) is 11.3. The van der Waals surface area contributed by atoms with Crippen LogP contribution in [0.3, 0.4) is 0 Å². The Morgan fingerprint density at radius 3 is 2.38 bits per heavy atom. The van der Waals surface area contributed by atoms with E-state index in [-0.39, 0.29) is 5.91 Å². The van der Waals surface area contributed by atoms with Gasteiger partial charge in [-0.25, -0.2) is 4.99 Å². The Hall–Kier alpha value is -2.34. The number of carbonyl (C=O) groups excluding carboxylic acids is 1. The molecule has 6 heteroatoms. The number of guanidine groups is 1. The summed E-state index contributed by atoms with van der Waals surface area (Å²) in [6.45, 7) is 9.64. The minimum Gasteiger partial charge on any atom is -0.357 e. The molecule has 140 valence electrons. The molecule has 0 unspecified atom stereocenters. The molecule has 0 aliphatic rings. The molecule has 0 saturated carbocycles. The maximum Gasteiger partial charge on any atom is 0.253 e. The van der Waals surface area contributed by atoms with Crippen LogP contribution in [0.1, 0.15) is 41.6 Å². The fraction of sp³-hybridized carbons (Fsp3) is 0.400. The van der Waals surface area contributed by atoms with Crippen molar-refractivity contribution >= 4 is 23.2 Å². The van der Waals surface area contributed by atoms with Crippen molar-refractivity contribution in [2.45, 2.75) is 33.9 Å². The lowest BCUT2D eigenvalue weighted by molar-refractivity contribution is 0.0773. The first-order valence-corrected chi connectivity index (χ1v) is 9.98. The van der Waals surface area contributed by atoms with Gasteiger partial charge in [0, 0.05) is 30.1 Å². The summed E-state index contributed by atoms with van der Waals surface area (Å²) in [5.41, 5.74) is 1.80. The van der Waals surface area contributed by atoms with E-state index in [1.165, 1.54) is 4.88 Å². The molecule has 1 heterocycles. The highest BCUT2D eigenvalue weighted by Gasteiger charge is 2.11. The first-order chi connectivity index (χ1) is 12.7. The summed E-state index contributed by atoms with van der Waals surface area (Å²) in [5, 5.41) is 8.67. The quantitative estimate of drug-likeness (QED) is 0.551. The number of carbonyl (C=O) groups is 1. The van der Waals surface area contributed by atoms with Gasteiger partial charge in [0.2, 0.25) is 0 Å². The molecule has 0 atom stereocenters. The van der Waals surface area contributed by atoms with Gasteiger partial charge >= 0.3 is 0 Å². The molecule has 0 aliphatic heterocycles. The highest BCUT2D eigenvalue weighted by atomic mass is 32.1. The number of thiophene rings is 1. The molecule has 2 rings (SSSR count). The van der Waals surface area contributed by atoms with Gasteiger partial charge in [0.1, 0.15) is 0 Å². The van der Waals surface area contributed by atoms with E-state index in [1.807, 2.05) is 49.1 Å². The van der Waals surface area contributed by atoms with Crippen molar-refractivity contribution in [3.8, 4) is 0 Å². The van der Waals surface area contributed by atoms with Crippen molar-refractivity contribution in [1.29, 1.82) is 0 Å². The molecule has 0 aliphatic carbocycles. The van der Waals surface area contributed by atoms with Crippen molar-refractivity contribution in [3.63, 3.8) is 0 Å². The molecule has 0 bridgehead atoms. The zero-order valence-corrected chi connectivity index (χ0v) is 16.6. The monoisotopic (exact) mass is 372 g/mol. The molecular weight excluding hydrogens is 344 g/mol. The van der Waals surface area contributed by atoms with Gasteiger partial charge in [-0.15, -0.1) is 11.3 Å². The van der Waals surface area contributed by atoms with Crippen LogP contribution in [0.15, 0.2) is 46.8 Å². The third-order valence-corrected chi connectivity index (χ3v) is 4.90. The number of benzene rings is 1. The van der Waals surface area contributed by atoms with Crippen molar-refractivity contribution in [2.24, 2.45) is 4.99 Å².